The van der Waals surface area contributed by atoms with Gasteiger partial charge in [-0.3, -0.25) is 14.4 Å². The molecular weight excluding hydrogens is 404 g/mol. The van der Waals surface area contributed by atoms with Crippen LogP contribution in [0.2, 0.25) is 0 Å². The topological polar surface area (TPSA) is 92.3 Å². The van der Waals surface area contributed by atoms with E-state index in [1.807, 2.05) is 32.0 Å². The number of aromatic nitrogens is 2. The second-order valence-electron chi connectivity index (χ2n) is 6.29. The summed E-state index contributed by atoms with van der Waals surface area (Å²) in [6.45, 7) is 3.80. The zero-order valence-electron chi connectivity index (χ0n) is 14.5. The predicted molar refractivity (Wildman–Crippen MR) is 106 cm³/mol. The molecule has 0 saturated heterocycles. The van der Waals surface area contributed by atoms with Crippen molar-refractivity contribution in [3.63, 3.8) is 0 Å². The highest BCUT2D eigenvalue weighted by Crippen LogP contribution is 2.38. The number of carbonyl (C=O) groups excluding carboxylic acids is 1. The first-order valence-corrected chi connectivity index (χ1v) is 11.3. The van der Waals surface area contributed by atoms with E-state index in [-0.39, 0.29) is 21.4 Å². The van der Waals surface area contributed by atoms with Gasteiger partial charge in [0.1, 0.15) is 0 Å². The number of aryl methyl sites for hydroxylation is 1. The van der Waals surface area contributed by atoms with Gasteiger partial charge in [0.25, 0.3) is 20.3 Å². The first kappa shape index (κ1) is 18.1. The Morgan fingerprint density at radius 1 is 1.30 bits per heavy atom. The number of nitrogens with one attached hydrogen (secondary N) is 1. The molecular formula is C17H16N4O3S3. The summed E-state index contributed by atoms with van der Waals surface area (Å²) in [5.41, 5.74) is 2.67. The third-order valence-corrected chi connectivity index (χ3v) is 8.23. The standard InChI is InChI=1S/C17H16N4O3S3/c1-10-5-6-12-9-11(2)21(13(12)8-10)27(23,24)17-20-19-16(26-17)18-15(22)14-4-3-7-25-14/h3-8,11H,9H2,1-2H3,(H,18,19,22)/t11-/m1/s1. The van der Waals surface area contributed by atoms with Crippen molar-refractivity contribution >= 4 is 49.4 Å². The lowest BCUT2D eigenvalue weighted by Crippen LogP contribution is -2.35. The number of rotatable bonds is 4. The van der Waals surface area contributed by atoms with Crippen LogP contribution in [0.4, 0.5) is 10.8 Å². The molecule has 7 nitrogen and oxygen atoms in total. The Hall–Kier alpha value is -2.30. The van der Waals surface area contributed by atoms with Crippen molar-refractivity contribution in [1.29, 1.82) is 0 Å². The van der Waals surface area contributed by atoms with Crippen LogP contribution in [0.25, 0.3) is 0 Å². The Morgan fingerprint density at radius 2 is 2.11 bits per heavy atom. The second kappa shape index (κ2) is 6.70. The summed E-state index contributed by atoms with van der Waals surface area (Å²) < 4.78 is 27.6. The maximum Gasteiger partial charge on any atom is 0.293 e. The van der Waals surface area contributed by atoms with Crippen molar-refractivity contribution in [3.8, 4) is 0 Å². The Morgan fingerprint density at radius 3 is 2.85 bits per heavy atom. The van der Waals surface area contributed by atoms with Crippen molar-refractivity contribution in [2.45, 2.75) is 30.6 Å². The van der Waals surface area contributed by atoms with Gasteiger partial charge in [0, 0.05) is 6.04 Å². The fourth-order valence-corrected chi connectivity index (χ4v) is 6.35. The number of sulfonamides is 1. The molecule has 0 saturated carbocycles. The van der Waals surface area contributed by atoms with E-state index in [4.69, 9.17) is 0 Å². The summed E-state index contributed by atoms with van der Waals surface area (Å²) >= 11 is 2.15. The third-order valence-electron chi connectivity index (χ3n) is 4.25. The van der Waals surface area contributed by atoms with Crippen LogP contribution in [0.15, 0.2) is 40.1 Å². The lowest BCUT2D eigenvalue weighted by atomic mass is 10.1. The van der Waals surface area contributed by atoms with Gasteiger partial charge in [-0.15, -0.1) is 21.5 Å². The Labute approximate surface area is 164 Å². The molecule has 10 heteroatoms. The largest absolute Gasteiger partial charge is 0.296 e. The number of anilines is 2. The minimum atomic E-state index is -3.86. The van der Waals surface area contributed by atoms with Crippen LogP contribution in [0.5, 0.6) is 0 Å². The summed E-state index contributed by atoms with van der Waals surface area (Å²) in [6.07, 6.45) is 0.648. The summed E-state index contributed by atoms with van der Waals surface area (Å²) in [6, 6.07) is 9.05. The molecule has 0 fully saturated rings. The van der Waals surface area contributed by atoms with E-state index in [2.05, 4.69) is 15.5 Å². The second-order valence-corrected chi connectivity index (χ2v) is 10.2. The van der Waals surface area contributed by atoms with E-state index in [0.29, 0.717) is 17.0 Å². The molecule has 1 atom stereocenters. The van der Waals surface area contributed by atoms with Gasteiger partial charge in [-0.05, 0) is 48.9 Å². The fourth-order valence-electron chi connectivity index (χ4n) is 3.07. The summed E-state index contributed by atoms with van der Waals surface area (Å²) in [5.74, 6) is -0.333. The van der Waals surface area contributed by atoms with E-state index in [1.54, 1.807) is 17.5 Å². The summed E-state index contributed by atoms with van der Waals surface area (Å²) in [5, 5.41) is 12.2. The predicted octanol–water partition coefficient (Wildman–Crippen LogP) is 3.30. The Balaban J connectivity index is 1.63. The van der Waals surface area contributed by atoms with Crippen molar-refractivity contribution in [2.75, 3.05) is 9.62 Å². The molecule has 140 valence electrons. The van der Waals surface area contributed by atoms with Crippen LogP contribution in [-0.4, -0.2) is 30.6 Å². The van der Waals surface area contributed by atoms with Crippen LogP contribution >= 0.6 is 22.7 Å². The van der Waals surface area contributed by atoms with E-state index in [9.17, 15) is 13.2 Å². The monoisotopic (exact) mass is 420 g/mol. The van der Waals surface area contributed by atoms with Crippen LogP contribution in [-0.2, 0) is 16.4 Å². The maximum absolute atomic E-state index is 13.2. The average molecular weight is 421 g/mol. The molecule has 3 heterocycles. The van der Waals surface area contributed by atoms with Gasteiger partial charge < -0.3 is 0 Å². The van der Waals surface area contributed by atoms with Gasteiger partial charge in [-0.1, -0.05) is 29.5 Å². The molecule has 1 amide bonds. The molecule has 1 aromatic carbocycles. The molecule has 2 aromatic heterocycles. The van der Waals surface area contributed by atoms with E-state index < -0.39 is 10.0 Å². The van der Waals surface area contributed by atoms with Gasteiger partial charge in [-0.25, -0.2) is 0 Å². The fraction of sp³-hybridized carbons (Fsp3) is 0.235. The first-order valence-electron chi connectivity index (χ1n) is 8.18. The average Bonchev–Trinajstić information content (AvgIpc) is 3.33. The van der Waals surface area contributed by atoms with Crippen molar-refractivity contribution in [2.24, 2.45) is 0 Å². The first-order chi connectivity index (χ1) is 12.9. The van der Waals surface area contributed by atoms with Crippen molar-refractivity contribution in [3.05, 3.63) is 51.7 Å². The number of amides is 1. The molecule has 0 spiro atoms. The number of carbonyl (C=O) groups is 1. The Kier molecular flexibility index (Phi) is 4.49. The minimum Gasteiger partial charge on any atom is -0.296 e. The number of hydrogen-bond donors (Lipinski definition) is 1. The van der Waals surface area contributed by atoms with Crippen LogP contribution < -0.4 is 9.62 Å². The van der Waals surface area contributed by atoms with Crippen LogP contribution in [0.1, 0.15) is 27.7 Å². The van der Waals surface area contributed by atoms with E-state index in [1.165, 1.54) is 15.6 Å². The maximum atomic E-state index is 13.2. The molecule has 0 bridgehead atoms. The summed E-state index contributed by atoms with van der Waals surface area (Å²) in [7, 11) is -3.86. The third kappa shape index (κ3) is 3.24. The van der Waals surface area contributed by atoms with Crippen molar-refractivity contribution < 1.29 is 13.2 Å². The van der Waals surface area contributed by atoms with Gasteiger partial charge in [0.05, 0.1) is 10.6 Å². The number of thiophene rings is 1. The van der Waals surface area contributed by atoms with Crippen LogP contribution in [0, 0.1) is 6.92 Å². The molecule has 4 rings (SSSR count). The highest BCUT2D eigenvalue weighted by molar-refractivity contribution is 7.94. The SMILES string of the molecule is Cc1ccc2c(c1)N(S(=O)(=O)c1nnc(NC(=O)c3cccs3)s1)[C@H](C)C2. The van der Waals surface area contributed by atoms with E-state index in [0.717, 1.165) is 22.5 Å². The number of fused-ring (bicyclic) bond motifs is 1. The molecule has 0 aliphatic carbocycles. The lowest BCUT2D eigenvalue weighted by Gasteiger charge is -2.22. The van der Waals surface area contributed by atoms with Gasteiger partial charge in [0.15, 0.2) is 0 Å². The molecule has 1 N–H and O–H groups in total. The molecule has 1 aliphatic rings. The quantitative estimate of drug-likeness (QED) is 0.654. The van der Waals surface area contributed by atoms with Gasteiger partial charge in [-0.2, -0.15) is 8.42 Å². The molecule has 0 unspecified atom stereocenters. The zero-order valence-corrected chi connectivity index (χ0v) is 17.0. The zero-order chi connectivity index (χ0) is 19.2. The number of hydrogen-bond acceptors (Lipinski definition) is 7. The smallest absolute Gasteiger partial charge is 0.293 e. The molecule has 0 radical (unpaired) electrons. The minimum absolute atomic E-state index is 0.134. The number of benzene rings is 1. The van der Waals surface area contributed by atoms with Crippen LogP contribution in [0.3, 0.4) is 0 Å². The highest BCUT2D eigenvalue weighted by atomic mass is 32.2. The molecule has 1 aliphatic heterocycles. The van der Waals surface area contributed by atoms with Gasteiger partial charge in [0.2, 0.25) is 5.13 Å². The molecule has 3 aromatic rings. The molecule has 27 heavy (non-hydrogen) atoms. The lowest BCUT2D eigenvalue weighted by molar-refractivity contribution is 0.103. The highest BCUT2D eigenvalue weighted by Gasteiger charge is 2.38. The van der Waals surface area contributed by atoms with E-state index >= 15 is 0 Å². The van der Waals surface area contributed by atoms with Crippen molar-refractivity contribution in [1.82, 2.24) is 10.2 Å². The number of nitrogens with zero attached hydrogens (tertiary/aromatic N) is 3. The normalized spacial score (nSPS) is 16.4. The Bertz CT molecular complexity index is 1110. The summed E-state index contributed by atoms with van der Waals surface area (Å²) in [4.78, 5) is 12.6. The van der Waals surface area contributed by atoms with Gasteiger partial charge >= 0.3 is 0 Å².